The molecule has 0 spiro atoms. The molecule has 0 unspecified atom stereocenters. The Hall–Kier alpha value is -4.68. The minimum absolute atomic E-state index is 0.493. The van der Waals surface area contributed by atoms with Crippen molar-refractivity contribution >= 4 is 23.3 Å². The molecule has 3 aromatic carbocycles. The lowest BCUT2D eigenvalue weighted by molar-refractivity contribution is 0.304. The second kappa shape index (κ2) is 39.2. The van der Waals surface area contributed by atoms with Gasteiger partial charge in [-0.1, -0.05) is 206 Å². The molecular weight excluding hydrogens is 837 g/mol. The molecule has 0 heterocycles. The van der Waals surface area contributed by atoms with Gasteiger partial charge in [0, 0.05) is 11.1 Å². The van der Waals surface area contributed by atoms with Gasteiger partial charge in [0.2, 0.25) is 0 Å². The second-order valence-electron chi connectivity index (χ2n) is 19.0. The lowest BCUT2D eigenvalue weighted by Gasteiger charge is -2.13. The van der Waals surface area contributed by atoms with Crippen LogP contribution in [0.5, 0.6) is 23.0 Å². The zero-order chi connectivity index (χ0) is 48.5. The summed E-state index contributed by atoms with van der Waals surface area (Å²) in [6, 6.07) is 23.9. The van der Waals surface area contributed by atoms with E-state index in [1.165, 1.54) is 193 Å². The molecule has 68 heavy (non-hydrogen) atoms. The van der Waals surface area contributed by atoms with Crippen molar-refractivity contribution in [2.75, 3.05) is 27.4 Å². The first-order valence-electron chi connectivity index (χ1n) is 27.5. The third-order valence-electron chi connectivity index (χ3n) is 13.3. The second-order valence-corrected chi connectivity index (χ2v) is 19.0. The molecule has 0 aliphatic rings. The van der Waals surface area contributed by atoms with Crippen molar-refractivity contribution in [1.82, 2.24) is 0 Å². The highest BCUT2D eigenvalue weighted by atomic mass is 16.5. The predicted molar refractivity (Wildman–Crippen MR) is 289 cm³/mol. The normalized spacial score (nSPS) is 11.6. The number of benzene rings is 3. The predicted octanol–water partition coefficient (Wildman–Crippen LogP) is 19.1. The molecule has 0 amide bonds. The van der Waals surface area contributed by atoms with Gasteiger partial charge in [-0.05, 0) is 96.8 Å². The van der Waals surface area contributed by atoms with Crippen molar-refractivity contribution in [2.45, 2.75) is 219 Å². The van der Waals surface area contributed by atoms with Crippen molar-refractivity contribution < 1.29 is 18.9 Å². The molecule has 0 N–H and O–H groups in total. The van der Waals surface area contributed by atoms with E-state index in [4.69, 9.17) is 18.9 Å². The maximum Gasteiger partial charge on any atom is 0.126 e. The molecule has 6 heteroatoms. The Kier molecular flexibility index (Phi) is 33.2. The Balaban J connectivity index is 1.38. The largest absolute Gasteiger partial charge is 0.496 e. The van der Waals surface area contributed by atoms with E-state index < -0.39 is 0 Å². The monoisotopic (exact) mass is 929 g/mol. The van der Waals surface area contributed by atoms with E-state index >= 15 is 0 Å². The topological polar surface area (TPSA) is 84.5 Å². The Labute approximate surface area is 415 Å². The number of nitrogens with zero attached hydrogens (tertiary/aromatic N) is 2. The molecule has 3 aromatic rings. The summed E-state index contributed by atoms with van der Waals surface area (Å²) in [5.74, 6) is 2.75. The summed E-state index contributed by atoms with van der Waals surface area (Å²) in [5, 5.41) is 20.4. The Morgan fingerprint density at radius 2 is 0.632 bits per heavy atom. The van der Waals surface area contributed by atoms with Gasteiger partial charge in [0.1, 0.15) is 23.0 Å². The number of allylic oxidation sites excluding steroid dienone is 2. The molecule has 0 radical (unpaired) electrons. The number of methoxy groups -OCH3 is 2. The molecule has 0 saturated carbocycles. The van der Waals surface area contributed by atoms with Gasteiger partial charge in [0.25, 0.3) is 0 Å². The smallest absolute Gasteiger partial charge is 0.126 e. The summed E-state index contributed by atoms with van der Waals surface area (Å²) in [4.78, 5) is 0. The van der Waals surface area contributed by atoms with Crippen LogP contribution in [0.3, 0.4) is 0 Å². The van der Waals surface area contributed by atoms with Crippen molar-refractivity contribution in [3.8, 4) is 35.1 Å². The summed E-state index contributed by atoms with van der Waals surface area (Å²) in [7, 11) is 3.21. The lowest BCUT2D eigenvalue weighted by atomic mass is 9.99. The highest BCUT2D eigenvalue weighted by Crippen LogP contribution is 2.35. The van der Waals surface area contributed by atoms with Gasteiger partial charge in [-0.25, -0.2) is 0 Å². The van der Waals surface area contributed by atoms with E-state index in [-0.39, 0.29) is 0 Å². The van der Waals surface area contributed by atoms with Gasteiger partial charge >= 0.3 is 0 Å². The standard InChI is InChI=1S/C62H92N2O4/c1-5-7-9-11-13-15-17-19-21-23-25-27-29-31-33-35-45-67-59-41-37-53(38-42-59)57(51-63)47-55-49-62(66-4)56(50-61(55)65-3)48-58(52-64)54-39-43-60(44-40-54)68-46-36-34-32-30-28-26-24-22-20-18-16-14-12-10-8-6-2/h37-44,47-50H,5-36,45-46H2,1-4H3. The van der Waals surface area contributed by atoms with Crippen LogP contribution in [-0.2, 0) is 0 Å². The quantitative estimate of drug-likeness (QED) is 0.0320. The number of hydrogen-bond donors (Lipinski definition) is 0. The number of nitriles is 2. The van der Waals surface area contributed by atoms with Crippen LogP contribution >= 0.6 is 0 Å². The fourth-order valence-electron chi connectivity index (χ4n) is 8.98. The molecule has 0 atom stereocenters. The summed E-state index contributed by atoms with van der Waals surface area (Å²) in [5.41, 5.74) is 3.96. The molecule has 0 saturated heterocycles. The first-order valence-corrected chi connectivity index (χ1v) is 27.5. The Morgan fingerprint density at radius 1 is 0.382 bits per heavy atom. The fraction of sp³-hybridized carbons (Fsp3) is 0.613. The molecule has 374 valence electrons. The van der Waals surface area contributed by atoms with E-state index in [0.717, 1.165) is 35.5 Å². The van der Waals surface area contributed by atoms with Crippen LogP contribution < -0.4 is 18.9 Å². The van der Waals surface area contributed by atoms with Crippen molar-refractivity contribution in [1.29, 1.82) is 10.5 Å². The molecule has 0 bridgehead atoms. The summed E-state index contributed by atoms with van der Waals surface area (Å²) in [6.07, 6.45) is 46.8. The summed E-state index contributed by atoms with van der Waals surface area (Å²) < 4.78 is 23.7. The van der Waals surface area contributed by atoms with E-state index in [9.17, 15) is 10.5 Å². The van der Waals surface area contributed by atoms with Crippen molar-refractivity contribution in [3.63, 3.8) is 0 Å². The third-order valence-corrected chi connectivity index (χ3v) is 13.3. The summed E-state index contributed by atoms with van der Waals surface area (Å²) >= 11 is 0. The zero-order valence-electron chi connectivity index (χ0n) is 43.5. The maximum atomic E-state index is 10.2. The minimum Gasteiger partial charge on any atom is -0.496 e. The van der Waals surface area contributed by atoms with Gasteiger partial charge in [0.05, 0.1) is 50.7 Å². The zero-order valence-corrected chi connectivity index (χ0v) is 43.5. The molecule has 0 fully saturated rings. The highest BCUT2D eigenvalue weighted by molar-refractivity contribution is 5.93. The molecule has 6 nitrogen and oxygen atoms in total. The molecule has 0 aromatic heterocycles. The van der Waals surface area contributed by atoms with Crippen molar-refractivity contribution in [2.24, 2.45) is 0 Å². The number of rotatable bonds is 42. The number of unbranched alkanes of at least 4 members (excludes halogenated alkanes) is 30. The Bertz CT molecular complexity index is 1730. The number of hydrogen-bond acceptors (Lipinski definition) is 6. The first kappa shape index (κ1) is 57.6. The van der Waals surface area contributed by atoms with Gasteiger partial charge in [-0.2, -0.15) is 10.5 Å². The number of ether oxygens (including phenoxy) is 4. The van der Waals surface area contributed by atoms with Gasteiger partial charge in [-0.3, -0.25) is 0 Å². The van der Waals surface area contributed by atoms with Crippen LogP contribution in [-0.4, -0.2) is 27.4 Å². The van der Waals surface area contributed by atoms with E-state index in [2.05, 4.69) is 26.0 Å². The van der Waals surface area contributed by atoms with Crippen LogP contribution in [0, 0.1) is 22.7 Å². The van der Waals surface area contributed by atoms with Crippen LogP contribution in [0.1, 0.15) is 242 Å². The lowest BCUT2D eigenvalue weighted by Crippen LogP contribution is -1.97. The highest BCUT2D eigenvalue weighted by Gasteiger charge is 2.13. The van der Waals surface area contributed by atoms with Crippen LogP contribution in [0.15, 0.2) is 60.7 Å². The molecular formula is C62H92N2O4. The molecule has 0 aliphatic heterocycles. The van der Waals surface area contributed by atoms with Gasteiger partial charge in [0.15, 0.2) is 0 Å². The molecule has 3 rings (SSSR count). The average Bonchev–Trinajstić information content (AvgIpc) is 3.37. The SMILES string of the molecule is CCCCCCCCCCCCCCCCCCOc1ccc(C(C#N)=Cc2cc(OC)c(C=C(C#N)c3ccc(OCCCCCCCCCCCCCCCCCC)cc3)cc2OC)cc1. The van der Waals surface area contributed by atoms with Crippen LogP contribution in [0.4, 0.5) is 0 Å². The van der Waals surface area contributed by atoms with E-state index in [1.807, 2.05) is 72.8 Å². The minimum atomic E-state index is 0.493. The first-order chi connectivity index (χ1) is 33.6. The van der Waals surface area contributed by atoms with Gasteiger partial charge < -0.3 is 18.9 Å². The van der Waals surface area contributed by atoms with E-state index in [0.29, 0.717) is 47.0 Å². The summed E-state index contributed by atoms with van der Waals surface area (Å²) in [6.45, 7) is 5.96. The van der Waals surface area contributed by atoms with Crippen LogP contribution in [0.2, 0.25) is 0 Å². The average molecular weight is 929 g/mol. The van der Waals surface area contributed by atoms with Gasteiger partial charge in [-0.15, -0.1) is 0 Å². The maximum absolute atomic E-state index is 10.2. The fourth-order valence-corrected chi connectivity index (χ4v) is 8.98. The third kappa shape index (κ3) is 25.6. The van der Waals surface area contributed by atoms with Crippen LogP contribution in [0.25, 0.3) is 23.3 Å². The Morgan fingerprint density at radius 3 is 0.868 bits per heavy atom. The molecule has 0 aliphatic carbocycles. The van der Waals surface area contributed by atoms with Crippen molar-refractivity contribution in [3.05, 3.63) is 82.9 Å². The van der Waals surface area contributed by atoms with E-state index in [1.54, 1.807) is 14.2 Å².